The summed E-state index contributed by atoms with van der Waals surface area (Å²) in [5, 5.41) is 12.7. The smallest absolute Gasteiger partial charge is 0.328 e. The lowest BCUT2D eigenvalue weighted by Gasteiger charge is -2.18. The van der Waals surface area contributed by atoms with Crippen LogP contribution in [-0.2, 0) is 9.53 Å². The normalized spacial score (nSPS) is 11.5. The van der Waals surface area contributed by atoms with Crippen molar-refractivity contribution in [2.75, 3.05) is 17.7 Å². The Bertz CT molecular complexity index is 1130. The van der Waals surface area contributed by atoms with Crippen molar-refractivity contribution in [1.82, 2.24) is 15.5 Å². The van der Waals surface area contributed by atoms with Crippen LogP contribution in [0.3, 0.4) is 0 Å². The second-order valence-corrected chi connectivity index (χ2v) is 7.71. The maximum atomic E-state index is 13.0. The number of thiocarbonyl (C=S) groups is 1. The lowest BCUT2D eigenvalue weighted by Crippen LogP contribution is -2.45. The number of rotatable bonds is 7. The first-order valence-corrected chi connectivity index (χ1v) is 10.3. The number of carbonyl (C=O) groups is 2. The number of esters is 1. The molecule has 0 bridgehead atoms. The molecule has 1 amide bonds. The zero-order chi connectivity index (χ0) is 24.0. The van der Waals surface area contributed by atoms with Gasteiger partial charge in [0.05, 0.1) is 7.11 Å². The van der Waals surface area contributed by atoms with E-state index < -0.39 is 17.9 Å². The standard InChI is InChI=1S/C22H22FN5O4S/c1-12(2)17(21(30)31-3)26-19(29)20-27-18(28-32-20)13-4-8-15(9-5-13)24-22(33)25-16-10-6-14(23)7-11-16/h4-12,17H,1-3H3,(H,26,29)(H2,24,25,33). The number of hydrogen-bond donors (Lipinski definition) is 3. The molecule has 0 saturated carbocycles. The Morgan fingerprint density at radius 3 is 2.15 bits per heavy atom. The van der Waals surface area contributed by atoms with Gasteiger partial charge in [-0.15, -0.1) is 0 Å². The van der Waals surface area contributed by atoms with Gasteiger partial charge in [0.15, 0.2) is 5.11 Å². The van der Waals surface area contributed by atoms with E-state index in [0.717, 1.165) is 0 Å². The molecule has 0 radical (unpaired) electrons. The van der Waals surface area contributed by atoms with Crippen molar-refractivity contribution in [3.8, 4) is 11.4 Å². The van der Waals surface area contributed by atoms with E-state index >= 15 is 0 Å². The van der Waals surface area contributed by atoms with Gasteiger partial charge in [0, 0.05) is 16.9 Å². The molecule has 0 spiro atoms. The number of nitrogens with one attached hydrogen (secondary N) is 3. The third-order valence-electron chi connectivity index (χ3n) is 4.53. The number of carbonyl (C=O) groups excluding carboxylic acids is 2. The minimum atomic E-state index is -0.837. The Kier molecular flexibility index (Phi) is 7.67. The zero-order valence-corrected chi connectivity index (χ0v) is 18.9. The molecule has 0 saturated heterocycles. The molecular formula is C22H22FN5O4S. The highest BCUT2D eigenvalue weighted by atomic mass is 32.1. The fraction of sp³-hybridized carbons (Fsp3) is 0.227. The number of anilines is 2. The first kappa shape index (κ1) is 23.8. The molecule has 9 nitrogen and oxygen atoms in total. The summed E-state index contributed by atoms with van der Waals surface area (Å²) in [6.07, 6.45) is 0. The molecule has 3 aromatic rings. The van der Waals surface area contributed by atoms with Gasteiger partial charge in [0.2, 0.25) is 5.82 Å². The summed E-state index contributed by atoms with van der Waals surface area (Å²) in [7, 11) is 1.25. The highest BCUT2D eigenvalue weighted by molar-refractivity contribution is 7.80. The molecule has 0 aliphatic carbocycles. The summed E-state index contributed by atoms with van der Waals surface area (Å²) in [5.74, 6) is -1.82. The van der Waals surface area contributed by atoms with Gasteiger partial charge in [-0.3, -0.25) is 4.79 Å². The van der Waals surface area contributed by atoms with Crippen LogP contribution in [-0.4, -0.2) is 40.3 Å². The van der Waals surface area contributed by atoms with Gasteiger partial charge >= 0.3 is 17.8 Å². The number of ether oxygens (including phenoxy) is 1. The van der Waals surface area contributed by atoms with E-state index in [1.165, 1.54) is 19.2 Å². The Morgan fingerprint density at radius 1 is 1.03 bits per heavy atom. The van der Waals surface area contributed by atoms with Crippen LogP contribution < -0.4 is 16.0 Å². The Labute approximate surface area is 194 Å². The van der Waals surface area contributed by atoms with Crippen LogP contribution >= 0.6 is 12.2 Å². The predicted molar refractivity (Wildman–Crippen MR) is 124 cm³/mol. The van der Waals surface area contributed by atoms with E-state index in [2.05, 4.69) is 26.1 Å². The van der Waals surface area contributed by atoms with Crippen molar-refractivity contribution in [2.24, 2.45) is 5.92 Å². The third kappa shape index (κ3) is 6.32. The number of benzene rings is 2. The number of amides is 1. The van der Waals surface area contributed by atoms with Gasteiger partial charge < -0.3 is 25.2 Å². The number of nitrogens with zero attached hydrogens (tertiary/aromatic N) is 2. The number of halogens is 1. The molecule has 2 aromatic carbocycles. The highest BCUT2D eigenvalue weighted by Crippen LogP contribution is 2.19. The fourth-order valence-corrected chi connectivity index (χ4v) is 3.03. The molecule has 172 valence electrons. The topological polar surface area (TPSA) is 118 Å². The lowest BCUT2D eigenvalue weighted by molar-refractivity contribution is -0.144. The van der Waals surface area contributed by atoms with E-state index in [-0.39, 0.29) is 23.5 Å². The first-order chi connectivity index (χ1) is 15.8. The molecule has 11 heteroatoms. The van der Waals surface area contributed by atoms with Gasteiger partial charge in [-0.2, -0.15) is 4.98 Å². The monoisotopic (exact) mass is 471 g/mol. The highest BCUT2D eigenvalue weighted by Gasteiger charge is 2.27. The van der Waals surface area contributed by atoms with Gasteiger partial charge in [-0.25, -0.2) is 9.18 Å². The Balaban J connectivity index is 1.62. The summed E-state index contributed by atoms with van der Waals surface area (Å²) >= 11 is 5.26. The second-order valence-electron chi connectivity index (χ2n) is 7.30. The van der Waals surface area contributed by atoms with E-state index in [0.29, 0.717) is 22.1 Å². The molecule has 1 heterocycles. The molecule has 33 heavy (non-hydrogen) atoms. The van der Waals surface area contributed by atoms with Gasteiger partial charge in [-0.05, 0) is 66.7 Å². The Hall–Kier alpha value is -3.86. The van der Waals surface area contributed by atoms with E-state index in [1.807, 2.05) is 0 Å². The molecule has 1 unspecified atom stereocenters. The lowest BCUT2D eigenvalue weighted by atomic mass is 10.0. The van der Waals surface area contributed by atoms with Crippen LogP contribution in [0, 0.1) is 11.7 Å². The minimum Gasteiger partial charge on any atom is -0.467 e. The van der Waals surface area contributed by atoms with Gasteiger partial charge in [-0.1, -0.05) is 19.0 Å². The molecule has 3 rings (SSSR count). The number of aromatic nitrogens is 2. The summed E-state index contributed by atoms with van der Waals surface area (Å²) < 4.78 is 22.7. The van der Waals surface area contributed by atoms with Crippen molar-refractivity contribution < 1.29 is 23.2 Å². The maximum Gasteiger partial charge on any atom is 0.328 e. The van der Waals surface area contributed by atoms with E-state index in [9.17, 15) is 14.0 Å². The summed E-state index contributed by atoms with van der Waals surface area (Å²) in [5.41, 5.74) is 1.95. The van der Waals surface area contributed by atoms with Crippen molar-refractivity contribution in [3.05, 3.63) is 60.2 Å². The minimum absolute atomic E-state index is 0.188. The van der Waals surface area contributed by atoms with Crippen LogP contribution in [0.25, 0.3) is 11.4 Å². The zero-order valence-electron chi connectivity index (χ0n) is 18.1. The summed E-state index contributed by atoms with van der Waals surface area (Å²) in [6, 6.07) is 11.9. The van der Waals surface area contributed by atoms with Crippen molar-refractivity contribution in [3.63, 3.8) is 0 Å². The van der Waals surface area contributed by atoms with Crippen LogP contribution in [0.5, 0.6) is 0 Å². The van der Waals surface area contributed by atoms with Crippen molar-refractivity contribution in [2.45, 2.75) is 19.9 Å². The Morgan fingerprint density at radius 2 is 1.61 bits per heavy atom. The number of methoxy groups -OCH3 is 1. The summed E-state index contributed by atoms with van der Waals surface area (Å²) in [4.78, 5) is 28.3. The quantitative estimate of drug-likeness (QED) is 0.351. The average Bonchev–Trinajstić information content (AvgIpc) is 3.29. The molecular weight excluding hydrogens is 449 g/mol. The van der Waals surface area contributed by atoms with Crippen molar-refractivity contribution in [1.29, 1.82) is 0 Å². The van der Waals surface area contributed by atoms with E-state index in [4.69, 9.17) is 21.5 Å². The fourth-order valence-electron chi connectivity index (χ4n) is 2.79. The third-order valence-corrected chi connectivity index (χ3v) is 4.74. The maximum absolute atomic E-state index is 13.0. The predicted octanol–water partition coefficient (Wildman–Crippen LogP) is 3.61. The van der Waals surface area contributed by atoms with E-state index in [1.54, 1.807) is 50.2 Å². The van der Waals surface area contributed by atoms with Crippen LogP contribution in [0.1, 0.15) is 24.5 Å². The SMILES string of the molecule is COC(=O)C(NC(=O)c1nc(-c2ccc(NC(=S)Nc3ccc(F)cc3)cc2)no1)C(C)C. The summed E-state index contributed by atoms with van der Waals surface area (Å²) in [6.45, 7) is 3.55. The second kappa shape index (κ2) is 10.6. The van der Waals surface area contributed by atoms with Gasteiger partial charge in [0.1, 0.15) is 11.9 Å². The molecule has 0 aliphatic rings. The largest absolute Gasteiger partial charge is 0.467 e. The first-order valence-electron chi connectivity index (χ1n) is 9.93. The average molecular weight is 472 g/mol. The molecule has 3 N–H and O–H groups in total. The van der Waals surface area contributed by atoms with Crippen molar-refractivity contribution >= 4 is 40.6 Å². The van der Waals surface area contributed by atoms with Crippen LogP contribution in [0.2, 0.25) is 0 Å². The van der Waals surface area contributed by atoms with Crippen LogP contribution in [0.15, 0.2) is 53.1 Å². The van der Waals surface area contributed by atoms with Crippen LogP contribution in [0.4, 0.5) is 15.8 Å². The molecule has 1 atom stereocenters. The molecule has 1 aromatic heterocycles. The number of hydrogen-bond acceptors (Lipinski definition) is 7. The molecule has 0 fully saturated rings. The van der Waals surface area contributed by atoms with Gasteiger partial charge in [0.25, 0.3) is 0 Å². The molecule has 0 aliphatic heterocycles.